The Bertz CT molecular complexity index is 694. The van der Waals surface area contributed by atoms with Gasteiger partial charge in [0.25, 0.3) is 5.69 Å². The van der Waals surface area contributed by atoms with Gasteiger partial charge in [-0.2, -0.15) is 5.26 Å². The lowest BCUT2D eigenvalue weighted by Crippen LogP contribution is -1.99. The molecular formula is C11H5F2N3O2S. The van der Waals surface area contributed by atoms with Crippen LogP contribution in [0.25, 0.3) is 0 Å². The molecule has 0 fully saturated rings. The van der Waals surface area contributed by atoms with Gasteiger partial charge in [0.1, 0.15) is 16.8 Å². The van der Waals surface area contributed by atoms with Crippen LogP contribution in [0.5, 0.6) is 0 Å². The lowest BCUT2D eigenvalue weighted by Gasteiger charge is -2.06. The maximum atomic E-state index is 13.1. The van der Waals surface area contributed by atoms with Gasteiger partial charge in [-0.05, 0) is 11.4 Å². The monoisotopic (exact) mass is 281 g/mol. The van der Waals surface area contributed by atoms with E-state index in [1.807, 2.05) is 6.07 Å². The number of benzene rings is 1. The predicted octanol–water partition coefficient (Wildman–Crippen LogP) is 3.55. The first-order valence-corrected chi connectivity index (χ1v) is 5.79. The minimum atomic E-state index is -1.30. The Kier molecular flexibility index (Phi) is 3.39. The van der Waals surface area contributed by atoms with Gasteiger partial charge < -0.3 is 5.32 Å². The molecule has 1 aromatic heterocycles. The van der Waals surface area contributed by atoms with Crippen LogP contribution in [0.4, 0.5) is 25.2 Å². The Morgan fingerprint density at radius 1 is 1.37 bits per heavy atom. The summed E-state index contributed by atoms with van der Waals surface area (Å²) in [6, 6.07) is 4.58. The summed E-state index contributed by atoms with van der Waals surface area (Å²) in [5.41, 5.74) is -0.539. The molecule has 1 aromatic carbocycles. The average molecular weight is 281 g/mol. The molecule has 2 rings (SSSR count). The number of anilines is 2. The van der Waals surface area contributed by atoms with E-state index in [9.17, 15) is 18.9 Å². The molecule has 0 amide bonds. The number of nitrogens with zero attached hydrogens (tertiary/aromatic N) is 2. The number of nitriles is 1. The number of nitro benzene ring substituents is 1. The summed E-state index contributed by atoms with van der Waals surface area (Å²) in [4.78, 5) is 9.95. The first-order valence-electron chi connectivity index (χ1n) is 4.91. The average Bonchev–Trinajstić information content (AvgIpc) is 2.80. The molecule has 0 saturated carbocycles. The van der Waals surface area contributed by atoms with Crippen molar-refractivity contribution in [3.05, 3.63) is 50.9 Å². The number of hydrogen-bond acceptors (Lipinski definition) is 5. The van der Waals surface area contributed by atoms with Crippen molar-refractivity contribution in [2.45, 2.75) is 0 Å². The van der Waals surface area contributed by atoms with E-state index in [1.54, 1.807) is 5.38 Å². The summed E-state index contributed by atoms with van der Waals surface area (Å²) in [5, 5.41) is 24.1. The summed E-state index contributed by atoms with van der Waals surface area (Å²) in [7, 11) is 0. The van der Waals surface area contributed by atoms with Gasteiger partial charge in [-0.25, -0.2) is 8.78 Å². The topological polar surface area (TPSA) is 79.0 Å². The van der Waals surface area contributed by atoms with Crippen molar-refractivity contribution in [1.82, 2.24) is 0 Å². The summed E-state index contributed by atoms with van der Waals surface area (Å²) in [5.74, 6) is -2.51. The molecule has 1 N–H and O–H groups in total. The van der Waals surface area contributed by atoms with Crippen LogP contribution < -0.4 is 5.32 Å². The van der Waals surface area contributed by atoms with Gasteiger partial charge >= 0.3 is 0 Å². The SMILES string of the molecule is N#Cc1ccsc1Nc1cc(F)c(F)cc1[N+](=O)[O-]. The molecule has 0 saturated heterocycles. The second-order valence-corrected chi connectivity index (χ2v) is 4.36. The van der Waals surface area contributed by atoms with E-state index in [4.69, 9.17) is 5.26 Å². The van der Waals surface area contributed by atoms with E-state index >= 15 is 0 Å². The van der Waals surface area contributed by atoms with Crippen LogP contribution in [0.1, 0.15) is 5.56 Å². The Balaban J connectivity index is 2.48. The molecule has 96 valence electrons. The van der Waals surface area contributed by atoms with Crippen molar-refractivity contribution in [3.63, 3.8) is 0 Å². The van der Waals surface area contributed by atoms with Crippen LogP contribution >= 0.6 is 11.3 Å². The highest BCUT2D eigenvalue weighted by atomic mass is 32.1. The minimum Gasteiger partial charge on any atom is -0.340 e. The first kappa shape index (κ1) is 12.9. The zero-order valence-corrected chi connectivity index (χ0v) is 10.0. The smallest absolute Gasteiger partial charge is 0.295 e. The maximum absolute atomic E-state index is 13.1. The molecule has 1 heterocycles. The van der Waals surface area contributed by atoms with Crippen LogP contribution in [-0.4, -0.2) is 4.92 Å². The second kappa shape index (κ2) is 4.99. The number of nitro groups is 1. The van der Waals surface area contributed by atoms with Gasteiger partial charge in [0.2, 0.25) is 0 Å². The maximum Gasteiger partial charge on any atom is 0.295 e. The standard InChI is InChI=1S/C11H5F2N3O2S/c12-7-3-9(10(16(17)18)4-8(7)13)15-11-6(5-14)1-2-19-11/h1-4,15H. The normalized spacial score (nSPS) is 9.95. The zero-order chi connectivity index (χ0) is 14.0. The molecule has 8 heteroatoms. The molecule has 19 heavy (non-hydrogen) atoms. The molecule has 0 aliphatic carbocycles. The van der Waals surface area contributed by atoms with E-state index in [2.05, 4.69) is 5.32 Å². The lowest BCUT2D eigenvalue weighted by molar-refractivity contribution is -0.384. The van der Waals surface area contributed by atoms with Crippen molar-refractivity contribution < 1.29 is 13.7 Å². The molecule has 2 aromatic rings. The molecular weight excluding hydrogens is 276 g/mol. The summed E-state index contributed by atoms with van der Waals surface area (Å²) in [6.45, 7) is 0. The largest absolute Gasteiger partial charge is 0.340 e. The van der Waals surface area contributed by atoms with Gasteiger partial charge in [0.15, 0.2) is 11.6 Å². The third kappa shape index (κ3) is 2.51. The Hall–Kier alpha value is -2.53. The zero-order valence-electron chi connectivity index (χ0n) is 9.18. The van der Waals surface area contributed by atoms with Crippen molar-refractivity contribution >= 4 is 27.7 Å². The lowest BCUT2D eigenvalue weighted by atomic mass is 10.2. The van der Waals surface area contributed by atoms with Gasteiger partial charge in [0.05, 0.1) is 16.6 Å². The van der Waals surface area contributed by atoms with Crippen LogP contribution in [0, 0.1) is 33.1 Å². The van der Waals surface area contributed by atoms with E-state index in [0.717, 1.165) is 11.3 Å². The summed E-state index contributed by atoms with van der Waals surface area (Å²) >= 11 is 1.13. The van der Waals surface area contributed by atoms with Crippen LogP contribution in [0.15, 0.2) is 23.6 Å². The van der Waals surface area contributed by atoms with Crippen LogP contribution in [0.3, 0.4) is 0 Å². The molecule has 0 spiro atoms. The Morgan fingerprint density at radius 3 is 2.68 bits per heavy atom. The Labute approximate surface area is 109 Å². The molecule has 0 radical (unpaired) electrons. The molecule has 0 unspecified atom stereocenters. The van der Waals surface area contributed by atoms with Gasteiger partial charge in [-0.3, -0.25) is 10.1 Å². The second-order valence-electron chi connectivity index (χ2n) is 3.44. The molecule has 5 nitrogen and oxygen atoms in total. The number of nitrogens with one attached hydrogen (secondary N) is 1. The highest BCUT2D eigenvalue weighted by Gasteiger charge is 2.19. The molecule has 0 atom stereocenters. The number of thiophene rings is 1. The summed E-state index contributed by atoms with van der Waals surface area (Å²) < 4.78 is 26.1. The van der Waals surface area contributed by atoms with Crippen LogP contribution in [0.2, 0.25) is 0 Å². The van der Waals surface area contributed by atoms with Crippen molar-refractivity contribution in [2.75, 3.05) is 5.32 Å². The van der Waals surface area contributed by atoms with E-state index < -0.39 is 22.2 Å². The first-order chi connectivity index (χ1) is 9.02. The number of hydrogen-bond donors (Lipinski definition) is 1. The van der Waals surface area contributed by atoms with Crippen molar-refractivity contribution in [2.24, 2.45) is 0 Å². The fourth-order valence-corrected chi connectivity index (χ4v) is 2.15. The predicted molar refractivity (Wildman–Crippen MR) is 65.3 cm³/mol. The fraction of sp³-hybridized carbons (Fsp3) is 0. The highest BCUT2D eigenvalue weighted by Crippen LogP contribution is 2.33. The Morgan fingerprint density at radius 2 is 2.05 bits per heavy atom. The van der Waals surface area contributed by atoms with Gasteiger partial charge in [0, 0.05) is 6.07 Å². The van der Waals surface area contributed by atoms with Gasteiger partial charge in [-0.1, -0.05) is 0 Å². The highest BCUT2D eigenvalue weighted by molar-refractivity contribution is 7.14. The molecule has 0 aliphatic heterocycles. The van der Waals surface area contributed by atoms with E-state index in [-0.39, 0.29) is 11.3 Å². The van der Waals surface area contributed by atoms with Crippen molar-refractivity contribution in [1.29, 1.82) is 5.26 Å². The third-order valence-electron chi connectivity index (χ3n) is 2.27. The molecule has 0 bridgehead atoms. The number of halogens is 2. The third-order valence-corrected chi connectivity index (χ3v) is 3.10. The van der Waals surface area contributed by atoms with Crippen molar-refractivity contribution in [3.8, 4) is 6.07 Å². The number of rotatable bonds is 3. The van der Waals surface area contributed by atoms with Gasteiger partial charge in [-0.15, -0.1) is 11.3 Å². The fourth-order valence-electron chi connectivity index (χ4n) is 1.40. The minimum absolute atomic E-state index is 0.206. The van der Waals surface area contributed by atoms with E-state index in [0.29, 0.717) is 17.1 Å². The van der Waals surface area contributed by atoms with E-state index in [1.165, 1.54) is 6.07 Å². The summed E-state index contributed by atoms with van der Waals surface area (Å²) in [6.07, 6.45) is 0. The van der Waals surface area contributed by atoms with Crippen LogP contribution in [-0.2, 0) is 0 Å². The quantitative estimate of drug-likeness (QED) is 0.689. The molecule has 0 aliphatic rings.